The number of benzene rings is 1. The normalized spacial score (nSPS) is 11.4. The van der Waals surface area contributed by atoms with Crippen molar-refractivity contribution in [2.75, 3.05) is 10.5 Å². The first-order valence-corrected chi connectivity index (χ1v) is 6.92. The predicted octanol–water partition coefficient (Wildman–Crippen LogP) is 1.23. The molecule has 1 heterocycles. The van der Waals surface area contributed by atoms with Gasteiger partial charge in [-0.1, -0.05) is 0 Å². The van der Waals surface area contributed by atoms with Crippen molar-refractivity contribution in [1.29, 1.82) is 0 Å². The fourth-order valence-corrected chi connectivity index (χ4v) is 2.96. The molecule has 0 aliphatic rings. The first-order valence-electron chi connectivity index (χ1n) is 4.66. The summed E-state index contributed by atoms with van der Waals surface area (Å²) in [5, 5.41) is 0.249. The molecule has 3 N–H and O–H groups in total. The van der Waals surface area contributed by atoms with Gasteiger partial charge in [-0.15, -0.1) is 0 Å². The van der Waals surface area contributed by atoms with Crippen molar-refractivity contribution in [1.82, 2.24) is 9.36 Å². The number of anilines is 2. The van der Waals surface area contributed by atoms with Crippen molar-refractivity contribution in [3.05, 3.63) is 30.1 Å². The molecule has 0 aliphatic carbocycles. The van der Waals surface area contributed by atoms with Crippen molar-refractivity contribution in [3.8, 4) is 0 Å². The number of nitrogens with one attached hydrogen (secondary N) is 1. The molecule has 17 heavy (non-hydrogen) atoms. The first-order chi connectivity index (χ1) is 7.97. The zero-order valence-corrected chi connectivity index (χ0v) is 10.5. The van der Waals surface area contributed by atoms with Gasteiger partial charge in [0.15, 0.2) is 0 Å². The molecule has 0 saturated carbocycles. The molecule has 2 aromatic rings. The number of nitrogen functional groups attached to an aromatic ring is 1. The summed E-state index contributed by atoms with van der Waals surface area (Å²) in [6.45, 7) is 1.69. The maximum absolute atomic E-state index is 11.9. The van der Waals surface area contributed by atoms with Gasteiger partial charge < -0.3 is 5.73 Å². The number of aryl methyl sites for hydroxylation is 1. The first kappa shape index (κ1) is 11.8. The quantitative estimate of drug-likeness (QED) is 0.817. The lowest BCUT2D eigenvalue weighted by Gasteiger charge is -2.04. The van der Waals surface area contributed by atoms with E-state index in [0.717, 1.165) is 11.5 Å². The van der Waals surface area contributed by atoms with E-state index in [-0.39, 0.29) is 10.0 Å². The third kappa shape index (κ3) is 2.71. The molecule has 0 amide bonds. The van der Waals surface area contributed by atoms with E-state index >= 15 is 0 Å². The second kappa shape index (κ2) is 4.30. The van der Waals surface area contributed by atoms with Gasteiger partial charge in [-0.3, -0.25) is 4.72 Å². The molecule has 0 aliphatic heterocycles. The number of hydrogen-bond donors (Lipinski definition) is 2. The smallest absolute Gasteiger partial charge is 0.263 e. The van der Waals surface area contributed by atoms with E-state index in [0.29, 0.717) is 11.5 Å². The van der Waals surface area contributed by atoms with Crippen LogP contribution in [0.3, 0.4) is 0 Å². The highest BCUT2D eigenvalue weighted by molar-refractivity contribution is 7.93. The second-order valence-electron chi connectivity index (χ2n) is 3.32. The van der Waals surface area contributed by atoms with Gasteiger partial charge in [-0.25, -0.2) is 13.4 Å². The SMILES string of the molecule is Cc1nsc(NS(=O)(=O)c2ccc(N)cc2)n1. The van der Waals surface area contributed by atoms with E-state index in [1.165, 1.54) is 24.3 Å². The zero-order chi connectivity index (χ0) is 12.5. The van der Waals surface area contributed by atoms with Crippen molar-refractivity contribution in [2.24, 2.45) is 0 Å². The fraction of sp³-hybridized carbons (Fsp3) is 0.111. The third-order valence-electron chi connectivity index (χ3n) is 1.94. The van der Waals surface area contributed by atoms with Gasteiger partial charge >= 0.3 is 0 Å². The maximum atomic E-state index is 11.9. The third-order valence-corrected chi connectivity index (χ3v) is 4.15. The van der Waals surface area contributed by atoms with Gasteiger partial charge in [-0.2, -0.15) is 4.37 Å². The van der Waals surface area contributed by atoms with Crippen molar-refractivity contribution in [2.45, 2.75) is 11.8 Å². The van der Waals surface area contributed by atoms with Crippen LogP contribution in [0, 0.1) is 6.92 Å². The number of nitrogens with two attached hydrogens (primary N) is 1. The van der Waals surface area contributed by atoms with Gasteiger partial charge in [0.1, 0.15) is 5.82 Å². The van der Waals surface area contributed by atoms with Crippen molar-refractivity contribution < 1.29 is 8.42 Å². The van der Waals surface area contributed by atoms with Crippen molar-refractivity contribution in [3.63, 3.8) is 0 Å². The number of rotatable bonds is 3. The summed E-state index contributed by atoms with van der Waals surface area (Å²) in [5.41, 5.74) is 6.00. The molecule has 1 aromatic heterocycles. The van der Waals surface area contributed by atoms with E-state index < -0.39 is 10.0 Å². The van der Waals surface area contributed by atoms with E-state index in [4.69, 9.17) is 5.73 Å². The van der Waals surface area contributed by atoms with Crippen molar-refractivity contribution >= 4 is 32.4 Å². The highest BCUT2D eigenvalue weighted by Gasteiger charge is 2.15. The summed E-state index contributed by atoms with van der Waals surface area (Å²) in [4.78, 5) is 4.07. The second-order valence-corrected chi connectivity index (χ2v) is 5.76. The molecule has 90 valence electrons. The average Bonchev–Trinajstić information content (AvgIpc) is 2.63. The van der Waals surface area contributed by atoms with Crippen LogP contribution in [0.5, 0.6) is 0 Å². The molecule has 0 spiro atoms. The average molecular weight is 270 g/mol. The van der Waals surface area contributed by atoms with Gasteiger partial charge in [0.2, 0.25) is 5.13 Å². The lowest BCUT2D eigenvalue weighted by molar-refractivity contribution is 0.601. The minimum atomic E-state index is -3.61. The molecule has 0 bridgehead atoms. The summed E-state index contributed by atoms with van der Waals surface area (Å²) in [7, 11) is -3.61. The van der Waals surface area contributed by atoms with Gasteiger partial charge in [-0.05, 0) is 31.2 Å². The lowest BCUT2D eigenvalue weighted by atomic mass is 10.3. The molecule has 0 fully saturated rings. The summed E-state index contributed by atoms with van der Waals surface area (Å²) in [6, 6.07) is 5.93. The highest BCUT2D eigenvalue weighted by atomic mass is 32.2. The molecule has 1 aromatic carbocycles. The van der Waals surface area contributed by atoms with Crippen LogP contribution in [-0.2, 0) is 10.0 Å². The molecule has 0 unspecified atom stereocenters. The molecular weight excluding hydrogens is 260 g/mol. The van der Waals surface area contributed by atoms with E-state index in [2.05, 4.69) is 14.1 Å². The molecular formula is C9H10N4O2S2. The Balaban J connectivity index is 2.28. The molecule has 8 heteroatoms. The Hall–Kier alpha value is -1.67. The monoisotopic (exact) mass is 270 g/mol. The van der Waals surface area contributed by atoms with Crippen LogP contribution in [0.25, 0.3) is 0 Å². The van der Waals surface area contributed by atoms with Crippen LogP contribution < -0.4 is 10.5 Å². The predicted molar refractivity (Wildman–Crippen MR) is 66.3 cm³/mol. The van der Waals surface area contributed by atoms with Gasteiger partial charge in [0.05, 0.1) is 4.90 Å². The number of aromatic nitrogens is 2. The Morgan fingerprint density at radius 3 is 2.47 bits per heavy atom. The van der Waals surface area contributed by atoms with Crippen LogP contribution in [-0.4, -0.2) is 17.8 Å². The van der Waals surface area contributed by atoms with Crippen LogP contribution in [0.15, 0.2) is 29.2 Å². The lowest BCUT2D eigenvalue weighted by Crippen LogP contribution is -2.12. The summed E-state index contributed by atoms with van der Waals surface area (Å²) < 4.78 is 30.1. The summed E-state index contributed by atoms with van der Waals surface area (Å²) in [6.07, 6.45) is 0. The van der Waals surface area contributed by atoms with Crippen LogP contribution >= 0.6 is 11.5 Å². The standard InChI is InChI=1S/C9H10N4O2S2/c1-6-11-9(16-12-6)13-17(14,15)8-4-2-7(10)3-5-8/h2-5H,10H2,1H3,(H,11,12,13). The zero-order valence-electron chi connectivity index (χ0n) is 8.91. The van der Waals surface area contributed by atoms with Crippen LogP contribution in [0.2, 0.25) is 0 Å². The minimum absolute atomic E-state index is 0.138. The Labute approximate surface area is 103 Å². The Kier molecular flexibility index (Phi) is 2.99. The molecule has 2 rings (SSSR count). The van der Waals surface area contributed by atoms with E-state index in [1.54, 1.807) is 6.92 Å². The fourth-order valence-electron chi connectivity index (χ4n) is 1.16. The number of sulfonamides is 1. The van der Waals surface area contributed by atoms with E-state index in [9.17, 15) is 8.42 Å². The molecule has 0 saturated heterocycles. The topological polar surface area (TPSA) is 98.0 Å². The minimum Gasteiger partial charge on any atom is -0.399 e. The van der Waals surface area contributed by atoms with Gasteiger partial charge in [0, 0.05) is 17.2 Å². The van der Waals surface area contributed by atoms with Crippen LogP contribution in [0.4, 0.5) is 10.8 Å². The number of nitrogens with zero attached hydrogens (tertiary/aromatic N) is 2. The summed E-state index contributed by atoms with van der Waals surface area (Å²) in [5.74, 6) is 0.532. The largest absolute Gasteiger partial charge is 0.399 e. The molecule has 0 radical (unpaired) electrons. The molecule has 6 nitrogen and oxygen atoms in total. The maximum Gasteiger partial charge on any atom is 0.263 e. The van der Waals surface area contributed by atoms with Crippen LogP contribution in [0.1, 0.15) is 5.82 Å². The van der Waals surface area contributed by atoms with E-state index in [1.807, 2.05) is 0 Å². The number of hydrogen-bond acceptors (Lipinski definition) is 6. The van der Waals surface area contributed by atoms with Gasteiger partial charge in [0.25, 0.3) is 10.0 Å². The summed E-state index contributed by atoms with van der Waals surface area (Å²) >= 11 is 0.998. The Morgan fingerprint density at radius 1 is 1.29 bits per heavy atom. The molecule has 0 atom stereocenters. The Bertz CT molecular complexity index is 619. The Morgan fingerprint density at radius 2 is 1.94 bits per heavy atom. The highest BCUT2D eigenvalue weighted by Crippen LogP contribution is 2.18.